The second kappa shape index (κ2) is 7.42. The van der Waals surface area contributed by atoms with Gasteiger partial charge in [-0.05, 0) is 65.9 Å². The van der Waals surface area contributed by atoms with Crippen molar-refractivity contribution >= 4 is 39.8 Å². The van der Waals surface area contributed by atoms with Crippen molar-refractivity contribution < 1.29 is 4.99 Å². The maximum atomic E-state index is 3.52. The van der Waals surface area contributed by atoms with Crippen molar-refractivity contribution in [2.75, 3.05) is 5.32 Å². The topological polar surface area (TPSA) is 26.0 Å². The predicted molar refractivity (Wildman–Crippen MR) is 105 cm³/mol. The van der Waals surface area contributed by atoms with Gasteiger partial charge in [0, 0.05) is 0 Å². The third-order valence-electron chi connectivity index (χ3n) is 3.52. The molecule has 3 heteroatoms. The van der Waals surface area contributed by atoms with E-state index >= 15 is 0 Å². The van der Waals surface area contributed by atoms with Crippen LogP contribution in [0.5, 0.6) is 0 Å². The quantitative estimate of drug-likeness (QED) is 0.381. The number of rotatable bonds is 3. The minimum Gasteiger partial charge on any atom is -0.240 e. The van der Waals surface area contributed by atoms with E-state index in [1.165, 1.54) is 9.13 Å². The molecule has 0 fully saturated rings. The lowest BCUT2D eigenvalue weighted by Gasteiger charge is -2.05. The summed E-state index contributed by atoms with van der Waals surface area (Å²) >= 11 is 2.34. The van der Waals surface area contributed by atoms with Crippen LogP contribution in [0.2, 0.25) is 0 Å². The van der Waals surface area contributed by atoms with Crippen LogP contribution in [-0.2, 0) is 0 Å². The highest BCUT2D eigenvalue weighted by molar-refractivity contribution is 14.1. The van der Waals surface area contributed by atoms with Crippen LogP contribution in [0, 0.1) is 10.5 Å². The van der Waals surface area contributed by atoms with E-state index in [1.54, 1.807) is 0 Å². The number of amidine groups is 1. The third kappa shape index (κ3) is 4.20. The number of para-hydroxylation sites is 1. The highest BCUT2D eigenvalue weighted by atomic mass is 127. The molecule has 0 aliphatic carbocycles. The molecule has 0 heterocycles. The SMILES string of the molecule is Cc1ccc(NC(=[NH+]c2ccccc2I)c2ccccc2)cc1. The van der Waals surface area contributed by atoms with Crippen molar-refractivity contribution in [1.29, 1.82) is 0 Å². The zero-order chi connectivity index (χ0) is 16.1. The Morgan fingerprint density at radius 2 is 1.48 bits per heavy atom. The smallest absolute Gasteiger partial charge is 0.240 e. The molecule has 0 aromatic heterocycles. The molecule has 0 aliphatic heterocycles. The molecule has 0 bridgehead atoms. The molecule has 0 aliphatic rings. The molecule has 23 heavy (non-hydrogen) atoms. The molecule has 0 atom stereocenters. The first kappa shape index (κ1) is 15.7. The van der Waals surface area contributed by atoms with Gasteiger partial charge in [0.05, 0.1) is 9.13 Å². The molecular weight excluding hydrogens is 395 g/mol. The standard InChI is InChI=1S/C20H17IN2/c1-15-11-13-17(14-12-15)22-20(16-7-3-2-4-8-16)23-19-10-6-5-9-18(19)21/h2-14H,1H3,(H,22,23)/p+1. The fourth-order valence-corrected chi connectivity index (χ4v) is 2.78. The Labute approximate surface area is 150 Å². The van der Waals surface area contributed by atoms with Crippen LogP contribution in [0.15, 0.2) is 78.9 Å². The fraction of sp³-hybridized carbons (Fsp3) is 0.0500. The zero-order valence-corrected chi connectivity index (χ0v) is 15.0. The van der Waals surface area contributed by atoms with Crippen LogP contribution in [0.3, 0.4) is 0 Å². The molecule has 2 N–H and O–H groups in total. The van der Waals surface area contributed by atoms with E-state index in [9.17, 15) is 0 Å². The largest absolute Gasteiger partial charge is 0.285 e. The molecule has 0 saturated carbocycles. The van der Waals surface area contributed by atoms with Gasteiger partial charge in [0.25, 0.3) is 5.84 Å². The van der Waals surface area contributed by atoms with Gasteiger partial charge in [-0.15, -0.1) is 0 Å². The van der Waals surface area contributed by atoms with E-state index < -0.39 is 0 Å². The lowest BCUT2D eigenvalue weighted by Crippen LogP contribution is -2.69. The number of hydrogen-bond donors (Lipinski definition) is 2. The van der Waals surface area contributed by atoms with Gasteiger partial charge in [-0.3, -0.25) is 0 Å². The maximum absolute atomic E-state index is 3.52. The predicted octanol–water partition coefficient (Wildman–Crippen LogP) is 3.87. The lowest BCUT2D eigenvalue weighted by molar-refractivity contribution is -0.354. The lowest BCUT2D eigenvalue weighted by atomic mass is 10.2. The number of benzene rings is 3. The van der Waals surface area contributed by atoms with E-state index in [4.69, 9.17) is 0 Å². The molecule has 3 aromatic carbocycles. The van der Waals surface area contributed by atoms with Gasteiger partial charge in [-0.1, -0.05) is 48.0 Å². The second-order valence-corrected chi connectivity index (χ2v) is 6.50. The average molecular weight is 413 g/mol. The Morgan fingerprint density at radius 1 is 0.826 bits per heavy atom. The van der Waals surface area contributed by atoms with Crippen molar-refractivity contribution in [3.63, 3.8) is 0 Å². The Kier molecular flexibility index (Phi) is 5.08. The summed E-state index contributed by atoms with van der Waals surface area (Å²) in [5.74, 6) is 0.971. The van der Waals surface area contributed by atoms with Crippen molar-refractivity contribution in [1.82, 2.24) is 0 Å². The van der Waals surface area contributed by atoms with Crippen molar-refractivity contribution in [3.05, 3.63) is 93.6 Å². The zero-order valence-electron chi connectivity index (χ0n) is 12.9. The summed E-state index contributed by atoms with van der Waals surface area (Å²) in [6, 6.07) is 27.0. The number of halogens is 1. The maximum Gasteiger partial charge on any atom is 0.285 e. The summed E-state index contributed by atoms with van der Waals surface area (Å²) in [5, 5.41) is 3.50. The van der Waals surface area contributed by atoms with E-state index in [1.807, 2.05) is 30.3 Å². The summed E-state index contributed by atoms with van der Waals surface area (Å²) in [5.41, 5.74) is 4.52. The van der Waals surface area contributed by atoms with Gasteiger partial charge in [0.2, 0.25) is 0 Å². The summed E-state index contributed by atoms with van der Waals surface area (Å²) in [6.45, 7) is 2.09. The summed E-state index contributed by atoms with van der Waals surface area (Å²) in [6.07, 6.45) is 0. The minimum absolute atomic E-state index is 0.971. The molecule has 0 spiro atoms. The number of nitrogens with one attached hydrogen (secondary N) is 2. The summed E-state index contributed by atoms with van der Waals surface area (Å²) < 4.78 is 1.18. The van der Waals surface area contributed by atoms with Crippen LogP contribution in [0.25, 0.3) is 0 Å². The molecule has 0 unspecified atom stereocenters. The van der Waals surface area contributed by atoms with Gasteiger partial charge in [0.15, 0.2) is 0 Å². The molecule has 2 nitrogen and oxygen atoms in total. The summed E-state index contributed by atoms with van der Waals surface area (Å²) in [7, 11) is 0. The Balaban J connectivity index is 2.00. The molecule has 3 aromatic rings. The van der Waals surface area contributed by atoms with E-state index in [0.29, 0.717) is 0 Å². The van der Waals surface area contributed by atoms with Crippen LogP contribution in [0.4, 0.5) is 11.4 Å². The van der Waals surface area contributed by atoms with E-state index in [-0.39, 0.29) is 0 Å². The Morgan fingerprint density at radius 3 is 2.17 bits per heavy atom. The number of anilines is 1. The van der Waals surface area contributed by atoms with Crippen LogP contribution in [0.1, 0.15) is 11.1 Å². The van der Waals surface area contributed by atoms with E-state index in [2.05, 4.69) is 88.4 Å². The van der Waals surface area contributed by atoms with Crippen LogP contribution < -0.4 is 10.3 Å². The fourth-order valence-electron chi connectivity index (χ4n) is 2.26. The molecule has 0 saturated heterocycles. The average Bonchev–Trinajstić information content (AvgIpc) is 2.59. The van der Waals surface area contributed by atoms with E-state index in [0.717, 1.165) is 22.8 Å². The highest BCUT2D eigenvalue weighted by Gasteiger charge is 2.12. The van der Waals surface area contributed by atoms with Crippen LogP contribution in [-0.4, -0.2) is 5.84 Å². The van der Waals surface area contributed by atoms with Crippen LogP contribution >= 0.6 is 22.6 Å². The molecular formula is C20H18IN2+. The van der Waals surface area contributed by atoms with Gasteiger partial charge >= 0.3 is 0 Å². The minimum atomic E-state index is 0.971. The van der Waals surface area contributed by atoms with Crippen molar-refractivity contribution in [2.24, 2.45) is 0 Å². The van der Waals surface area contributed by atoms with Gasteiger partial charge in [0.1, 0.15) is 11.4 Å². The first-order valence-corrected chi connectivity index (χ1v) is 8.58. The molecule has 0 amide bonds. The molecule has 3 rings (SSSR count). The number of hydrogen-bond acceptors (Lipinski definition) is 0. The molecule has 114 valence electrons. The second-order valence-electron chi connectivity index (χ2n) is 5.34. The van der Waals surface area contributed by atoms with Gasteiger partial charge in [-0.2, -0.15) is 0 Å². The molecule has 0 radical (unpaired) electrons. The van der Waals surface area contributed by atoms with Crippen molar-refractivity contribution in [3.8, 4) is 0 Å². The van der Waals surface area contributed by atoms with Gasteiger partial charge < -0.3 is 0 Å². The van der Waals surface area contributed by atoms with Crippen molar-refractivity contribution in [2.45, 2.75) is 6.92 Å². The number of aryl methyl sites for hydroxylation is 1. The third-order valence-corrected chi connectivity index (χ3v) is 4.46. The summed E-state index contributed by atoms with van der Waals surface area (Å²) in [4.78, 5) is 3.52. The normalized spacial score (nSPS) is 11.3. The monoisotopic (exact) mass is 413 g/mol. The Bertz CT molecular complexity index is 809. The highest BCUT2D eigenvalue weighted by Crippen LogP contribution is 2.13. The Hall–Kier alpha value is -2.14. The first-order chi connectivity index (χ1) is 11.2. The first-order valence-electron chi connectivity index (χ1n) is 7.50. The van der Waals surface area contributed by atoms with Gasteiger partial charge in [-0.25, -0.2) is 10.3 Å².